The van der Waals surface area contributed by atoms with Crippen molar-refractivity contribution in [1.29, 1.82) is 0 Å². The summed E-state index contributed by atoms with van der Waals surface area (Å²) in [5, 5.41) is 0.336. The minimum atomic E-state index is -4.30. The summed E-state index contributed by atoms with van der Waals surface area (Å²) in [5.41, 5.74) is 11.7. The number of urea groups is 2. The molecule has 12 heteroatoms. The number of anilines is 2. The monoisotopic (exact) mass is 552 g/mol. The molecule has 0 aliphatic heterocycles. The van der Waals surface area contributed by atoms with E-state index in [2.05, 4.69) is 0 Å². The molecule has 0 heterocycles. The highest BCUT2D eigenvalue weighted by atomic mass is 32.2. The highest BCUT2D eigenvalue weighted by molar-refractivity contribution is 7.93. The van der Waals surface area contributed by atoms with E-state index in [9.17, 15) is 26.4 Å². The lowest BCUT2D eigenvalue weighted by Crippen LogP contribution is -2.42. The first-order chi connectivity index (χ1) is 18.0. The molecule has 0 saturated heterocycles. The molecule has 0 bridgehead atoms. The van der Waals surface area contributed by atoms with E-state index in [1.165, 1.54) is 36.4 Å². The first kappa shape index (κ1) is 26.6. The summed E-state index contributed by atoms with van der Waals surface area (Å²) in [6, 6.07) is 22.6. The van der Waals surface area contributed by atoms with Crippen molar-refractivity contribution in [3.63, 3.8) is 0 Å². The Morgan fingerprint density at radius 1 is 0.526 bits per heavy atom. The summed E-state index contributed by atoms with van der Waals surface area (Å²) in [5.74, 6) is -1.02. The molecule has 0 atom stereocenters. The SMILES string of the molecule is NC(=O)N(c1cccc2c(N(C(N)=O)S(=O)(=O)Cc3ccccc3)cccc12)S(=O)(=O)Cc1ccccc1. The van der Waals surface area contributed by atoms with Gasteiger partial charge in [-0.1, -0.05) is 84.9 Å². The Morgan fingerprint density at radius 2 is 0.868 bits per heavy atom. The van der Waals surface area contributed by atoms with Crippen molar-refractivity contribution in [3.8, 4) is 0 Å². The Hall–Kier alpha value is -4.42. The maximum atomic E-state index is 13.3. The van der Waals surface area contributed by atoms with Gasteiger partial charge in [0.2, 0.25) is 20.0 Å². The molecule has 10 nitrogen and oxygen atoms in total. The van der Waals surface area contributed by atoms with Gasteiger partial charge in [0.1, 0.15) is 0 Å². The zero-order chi connectivity index (χ0) is 27.5. The lowest BCUT2D eigenvalue weighted by molar-refractivity contribution is 0.256. The van der Waals surface area contributed by atoms with Gasteiger partial charge in [-0.2, -0.15) is 8.61 Å². The normalized spacial score (nSPS) is 11.7. The molecule has 38 heavy (non-hydrogen) atoms. The largest absolute Gasteiger partial charge is 0.350 e. The fourth-order valence-corrected chi connectivity index (χ4v) is 7.09. The van der Waals surface area contributed by atoms with E-state index >= 15 is 0 Å². The number of hydrogen-bond donors (Lipinski definition) is 2. The van der Waals surface area contributed by atoms with E-state index in [0.29, 0.717) is 19.7 Å². The third-order valence-corrected chi connectivity index (χ3v) is 8.92. The number of sulfonamides is 2. The summed E-state index contributed by atoms with van der Waals surface area (Å²) in [6.45, 7) is 0. The van der Waals surface area contributed by atoms with E-state index in [0.717, 1.165) is 0 Å². The van der Waals surface area contributed by atoms with Gasteiger partial charge in [-0.05, 0) is 23.3 Å². The van der Waals surface area contributed by atoms with E-state index < -0.39 is 43.6 Å². The first-order valence-corrected chi connectivity index (χ1v) is 14.5. The number of hydrogen-bond acceptors (Lipinski definition) is 6. The summed E-state index contributed by atoms with van der Waals surface area (Å²) >= 11 is 0. The quantitative estimate of drug-likeness (QED) is 0.339. The molecule has 196 valence electrons. The van der Waals surface area contributed by atoms with Crippen LogP contribution in [0.3, 0.4) is 0 Å². The van der Waals surface area contributed by atoms with Crippen molar-refractivity contribution >= 4 is 54.3 Å². The minimum Gasteiger partial charge on any atom is -0.350 e. The Bertz CT molecular complexity index is 1580. The molecule has 0 unspecified atom stereocenters. The van der Waals surface area contributed by atoms with Crippen LogP contribution in [0.15, 0.2) is 97.1 Å². The molecule has 4 rings (SSSR count). The van der Waals surface area contributed by atoms with Gasteiger partial charge in [-0.15, -0.1) is 0 Å². The number of carbonyl (C=O) groups excluding carboxylic acids is 2. The summed E-state index contributed by atoms with van der Waals surface area (Å²) in [7, 11) is -8.60. The average Bonchev–Trinajstić information content (AvgIpc) is 2.84. The molecule has 4 aromatic carbocycles. The number of benzene rings is 4. The van der Waals surface area contributed by atoms with Gasteiger partial charge in [0.25, 0.3) is 0 Å². The van der Waals surface area contributed by atoms with Gasteiger partial charge in [0.15, 0.2) is 0 Å². The second-order valence-electron chi connectivity index (χ2n) is 8.34. The highest BCUT2D eigenvalue weighted by Gasteiger charge is 2.32. The van der Waals surface area contributed by atoms with Crippen LogP contribution in [0.4, 0.5) is 21.0 Å². The van der Waals surface area contributed by atoms with Gasteiger partial charge in [-0.3, -0.25) is 0 Å². The number of nitrogens with two attached hydrogens (primary N) is 2. The van der Waals surface area contributed by atoms with Gasteiger partial charge in [0.05, 0.1) is 22.9 Å². The van der Waals surface area contributed by atoms with E-state index in [1.807, 2.05) is 0 Å². The highest BCUT2D eigenvalue weighted by Crippen LogP contribution is 2.36. The number of carbonyl (C=O) groups is 2. The van der Waals surface area contributed by atoms with Crippen molar-refractivity contribution in [2.24, 2.45) is 11.5 Å². The van der Waals surface area contributed by atoms with Gasteiger partial charge < -0.3 is 11.5 Å². The zero-order valence-corrected chi connectivity index (χ0v) is 21.6. The fraction of sp³-hybridized carbons (Fsp3) is 0.0769. The Labute approximate surface area is 220 Å². The van der Waals surface area contributed by atoms with Crippen LogP contribution in [0, 0.1) is 0 Å². The third kappa shape index (κ3) is 5.45. The van der Waals surface area contributed by atoms with Crippen molar-refractivity contribution in [3.05, 3.63) is 108 Å². The first-order valence-electron chi connectivity index (χ1n) is 11.3. The van der Waals surface area contributed by atoms with Crippen LogP contribution in [0.2, 0.25) is 0 Å². The van der Waals surface area contributed by atoms with Gasteiger partial charge in [-0.25, -0.2) is 26.4 Å². The van der Waals surface area contributed by atoms with Gasteiger partial charge in [0, 0.05) is 10.8 Å². The Kier molecular flexibility index (Phi) is 7.37. The molecule has 0 spiro atoms. The lowest BCUT2D eigenvalue weighted by Gasteiger charge is -2.25. The Morgan fingerprint density at radius 3 is 1.18 bits per heavy atom. The molecule has 4 aromatic rings. The third-order valence-electron chi connectivity index (χ3n) is 5.65. The fourth-order valence-electron chi connectivity index (χ4n) is 4.14. The maximum Gasteiger partial charge on any atom is 0.333 e. The lowest BCUT2D eigenvalue weighted by atomic mass is 10.1. The second-order valence-corrected chi connectivity index (χ2v) is 12.0. The molecule has 0 saturated carbocycles. The standard InChI is InChI=1S/C26H24N4O6S2/c27-25(31)29(37(33,34)17-19-9-3-1-4-10-19)23-15-7-14-22-21(23)13-8-16-24(22)30(26(28)32)38(35,36)18-20-11-5-2-6-12-20/h1-16H,17-18H2,(H2,27,31)(H2,28,32). The predicted octanol–water partition coefficient (Wildman–Crippen LogP) is 3.67. The number of amides is 4. The van der Waals surface area contributed by atoms with E-state index in [-0.39, 0.29) is 22.1 Å². The van der Waals surface area contributed by atoms with Crippen LogP contribution in [0.1, 0.15) is 11.1 Å². The number of nitrogens with zero attached hydrogens (tertiary/aromatic N) is 2. The van der Waals surface area contributed by atoms with Crippen LogP contribution in [0.5, 0.6) is 0 Å². The van der Waals surface area contributed by atoms with Crippen LogP contribution in [-0.2, 0) is 31.6 Å². The molecule has 0 radical (unpaired) electrons. The Balaban J connectivity index is 1.85. The maximum absolute atomic E-state index is 13.3. The topological polar surface area (TPSA) is 161 Å². The molecule has 0 fully saturated rings. The van der Waals surface area contributed by atoms with Crippen LogP contribution < -0.4 is 20.1 Å². The molecule has 0 aromatic heterocycles. The molecular weight excluding hydrogens is 528 g/mol. The van der Waals surface area contributed by atoms with Crippen molar-refractivity contribution in [1.82, 2.24) is 0 Å². The molecule has 4 amide bonds. The molecule has 0 aliphatic rings. The number of primary amides is 2. The van der Waals surface area contributed by atoms with Crippen LogP contribution in [-0.4, -0.2) is 28.9 Å². The summed E-state index contributed by atoms with van der Waals surface area (Å²) < 4.78 is 54.2. The molecule has 4 N–H and O–H groups in total. The minimum absolute atomic E-state index is 0.0994. The average molecular weight is 553 g/mol. The second kappa shape index (κ2) is 10.5. The molecule has 0 aliphatic carbocycles. The summed E-state index contributed by atoms with van der Waals surface area (Å²) in [6.07, 6.45) is 0. The van der Waals surface area contributed by atoms with Crippen LogP contribution >= 0.6 is 0 Å². The zero-order valence-electron chi connectivity index (χ0n) is 20.0. The summed E-state index contributed by atoms with van der Waals surface area (Å²) in [4.78, 5) is 24.9. The number of fused-ring (bicyclic) bond motifs is 1. The van der Waals surface area contributed by atoms with Crippen molar-refractivity contribution in [2.75, 3.05) is 8.61 Å². The number of rotatable bonds is 8. The predicted molar refractivity (Wildman–Crippen MR) is 146 cm³/mol. The van der Waals surface area contributed by atoms with E-state index in [1.54, 1.807) is 60.7 Å². The van der Waals surface area contributed by atoms with E-state index in [4.69, 9.17) is 11.5 Å². The van der Waals surface area contributed by atoms with Crippen LogP contribution in [0.25, 0.3) is 10.8 Å². The molecular formula is C26H24N4O6S2. The van der Waals surface area contributed by atoms with Crippen molar-refractivity contribution < 1.29 is 26.4 Å². The smallest absolute Gasteiger partial charge is 0.333 e. The van der Waals surface area contributed by atoms with Crippen molar-refractivity contribution in [2.45, 2.75) is 11.5 Å². The van der Waals surface area contributed by atoms with Gasteiger partial charge >= 0.3 is 12.1 Å².